The summed E-state index contributed by atoms with van der Waals surface area (Å²) in [5, 5.41) is 0. The number of hydrogen-bond donors (Lipinski definition) is 0. The van der Waals surface area contributed by atoms with Crippen LogP contribution in [0.5, 0.6) is 5.75 Å². The molecule has 0 atom stereocenters. The second kappa shape index (κ2) is 7.90. The summed E-state index contributed by atoms with van der Waals surface area (Å²) in [7, 11) is 1.61. The van der Waals surface area contributed by atoms with Crippen LogP contribution in [-0.4, -0.2) is 48.7 Å². The van der Waals surface area contributed by atoms with Gasteiger partial charge in [0.25, 0.3) is 0 Å². The molecule has 0 N–H and O–H groups in total. The smallest absolute Gasteiger partial charge is 0.360 e. The number of benzene rings is 1. The van der Waals surface area contributed by atoms with Crippen LogP contribution in [0.4, 0.5) is 10.8 Å². The normalized spacial score (nSPS) is 14.5. The van der Waals surface area contributed by atoms with Crippen molar-refractivity contribution in [2.45, 2.75) is 19.9 Å². The molecule has 1 fully saturated rings. The average Bonchev–Trinajstić information content (AvgIpc) is 3.14. The molecule has 2 amide bonds. The number of ether oxygens (including phenoxy) is 2. The third-order valence-corrected chi connectivity index (χ3v) is 4.03. The van der Waals surface area contributed by atoms with Gasteiger partial charge in [-0.1, -0.05) is 12.1 Å². The van der Waals surface area contributed by atoms with Crippen LogP contribution in [0.1, 0.15) is 29.4 Å². The fourth-order valence-electron chi connectivity index (χ4n) is 2.78. The van der Waals surface area contributed by atoms with Crippen molar-refractivity contribution in [3.63, 3.8) is 0 Å². The van der Waals surface area contributed by atoms with E-state index in [0.29, 0.717) is 19.6 Å². The first-order chi connectivity index (χ1) is 12.6. The molecule has 138 valence electrons. The van der Waals surface area contributed by atoms with Crippen LogP contribution in [-0.2, 0) is 11.3 Å². The highest BCUT2D eigenvalue weighted by molar-refractivity contribution is 5.92. The van der Waals surface area contributed by atoms with Gasteiger partial charge in [0.2, 0.25) is 0 Å². The fraction of sp³-hybridized carbons (Fsp3) is 0.389. The van der Waals surface area contributed by atoms with Gasteiger partial charge in [-0.15, -0.1) is 0 Å². The minimum Gasteiger partial charge on any atom is -0.497 e. The average molecular weight is 359 g/mol. The molecule has 0 radical (unpaired) electrons. The molecule has 1 aromatic carbocycles. The second-order valence-electron chi connectivity index (χ2n) is 5.80. The van der Waals surface area contributed by atoms with Gasteiger partial charge in [-0.3, -0.25) is 0 Å². The molecule has 0 aliphatic carbocycles. The van der Waals surface area contributed by atoms with E-state index in [1.54, 1.807) is 18.9 Å². The molecule has 1 saturated heterocycles. The van der Waals surface area contributed by atoms with E-state index >= 15 is 0 Å². The maximum absolute atomic E-state index is 12.8. The van der Waals surface area contributed by atoms with Crippen LogP contribution in [0.25, 0.3) is 0 Å². The Bertz CT molecular complexity index is 789. The molecule has 1 aliphatic heterocycles. The third-order valence-electron chi connectivity index (χ3n) is 4.03. The number of oxazole rings is 1. The van der Waals surface area contributed by atoms with Gasteiger partial charge in [-0.25, -0.2) is 14.5 Å². The zero-order valence-electron chi connectivity index (χ0n) is 14.8. The van der Waals surface area contributed by atoms with E-state index < -0.39 is 5.97 Å². The number of methoxy groups -OCH3 is 1. The lowest BCUT2D eigenvalue weighted by Crippen LogP contribution is -2.49. The Hall–Kier alpha value is -3.03. The van der Waals surface area contributed by atoms with Crippen molar-refractivity contribution >= 4 is 18.0 Å². The zero-order chi connectivity index (χ0) is 18.5. The minimum absolute atomic E-state index is 0.0552. The molecular formula is C18H21N3O5. The summed E-state index contributed by atoms with van der Waals surface area (Å²) in [5.74, 6) is 0.177. The SMILES string of the molecule is CCOC(=O)c1coc(N2CCCN(Cc3cccc(OC)c3)C2=O)n1. The van der Waals surface area contributed by atoms with Crippen LogP contribution < -0.4 is 9.64 Å². The number of urea groups is 1. The Morgan fingerprint density at radius 2 is 2.19 bits per heavy atom. The number of nitrogens with zero attached hydrogens (tertiary/aromatic N) is 3. The van der Waals surface area contributed by atoms with E-state index in [9.17, 15) is 9.59 Å². The Labute approximate surface area is 151 Å². The molecular weight excluding hydrogens is 338 g/mol. The highest BCUT2D eigenvalue weighted by Crippen LogP contribution is 2.22. The number of rotatable bonds is 6. The summed E-state index contributed by atoms with van der Waals surface area (Å²) in [4.78, 5) is 31.8. The molecule has 8 heteroatoms. The van der Waals surface area contributed by atoms with Crippen molar-refractivity contribution in [1.82, 2.24) is 9.88 Å². The van der Waals surface area contributed by atoms with Crippen LogP contribution in [0.3, 0.4) is 0 Å². The van der Waals surface area contributed by atoms with E-state index in [4.69, 9.17) is 13.9 Å². The molecule has 1 aromatic heterocycles. The van der Waals surface area contributed by atoms with Gasteiger partial charge >= 0.3 is 18.0 Å². The molecule has 8 nitrogen and oxygen atoms in total. The molecule has 3 rings (SSSR count). The number of amides is 2. The van der Waals surface area contributed by atoms with Gasteiger partial charge < -0.3 is 18.8 Å². The summed E-state index contributed by atoms with van der Waals surface area (Å²) in [5.41, 5.74) is 1.03. The topological polar surface area (TPSA) is 85.1 Å². The Morgan fingerprint density at radius 1 is 1.35 bits per heavy atom. The van der Waals surface area contributed by atoms with Crippen LogP contribution in [0.15, 0.2) is 34.9 Å². The van der Waals surface area contributed by atoms with Gasteiger partial charge in [-0.2, -0.15) is 4.98 Å². The lowest BCUT2D eigenvalue weighted by Gasteiger charge is -2.33. The lowest BCUT2D eigenvalue weighted by molar-refractivity contribution is 0.0519. The molecule has 2 heterocycles. The summed E-state index contributed by atoms with van der Waals surface area (Å²) in [6, 6.07) is 7.48. The molecule has 1 aliphatic rings. The summed E-state index contributed by atoms with van der Waals surface area (Å²) >= 11 is 0. The van der Waals surface area contributed by atoms with Crippen molar-refractivity contribution in [3.8, 4) is 5.75 Å². The third kappa shape index (κ3) is 3.79. The number of hydrogen-bond acceptors (Lipinski definition) is 6. The predicted molar refractivity (Wildman–Crippen MR) is 93.2 cm³/mol. The maximum Gasteiger partial charge on any atom is 0.360 e. The zero-order valence-corrected chi connectivity index (χ0v) is 14.8. The van der Waals surface area contributed by atoms with Crippen molar-refractivity contribution in [3.05, 3.63) is 41.8 Å². The van der Waals surface area contributed by atoms with Crippen LogP contribution in [0, 0.1) is 0 Å². The van der Waals surface area contributed by atoms with Gasteiger partial charge in [0, 0.05) is 19.6 Å². The van der Waals surface area contributed by atoms with Gasteiger partial charge in [0.15, 0.2) is 5.69 Å². The first-order valence-electron chi connectivity index (χ1n) is 8.44. The van der Waals surface area contributed by atoms with Crippen molar-refractivity contribution < 1.29 is 23.5 Å². The molecule has 0 bridgehead atoms. The standard InChI is InChI=1S/C18H21N3O5/c1-3-25-16(22)15-12-26-17(19-15)21-9-5-8-20(18(21)23)11-13-6-4-7-14(10-13)24-2/h4,6-7,10,12H,3,5,8-9,11H2,1-2H3. The first-order valence-corrected chi connectivity index (χ1v) is 8.44. The largest absolute Gasteiger partial charge is 0.497 e. The predicted octanol–water partition coefficient (Wildman–Crippen LogP) is 2.69. The van der Waals surface area contributed by atoms with Crippen molar-refractivity contribution in [2.24, 2.45) is 0 Å². The van der Waals surface area contributed by atoms with E-state index in [-0.39, 0.29) is 24.3 Å². The Balaban J connectivity index is 1.72. The van der Waals surface area contributed by atoms with Crippen LogP contribution >= 0.6 is 0 Å². The highest BCUT2D eigenvalue weighted by atomic mass is 16.5. The molecule has 0 saturated carbocycles. The summed E-state index contributed by atoms with van der Waals surface area (Å²) in [6.07, 6.45) is 1.98. The second-order valence-corrected chi connectivity index (χ2v) is 5.80. The monoisotopic (exact) mass is 359 g/mol. The Kier molecular flexibility index (Phi) is 5.40. The number of esters is 1. The number of anilines is 1. The molecule has 0 spiro atoms. The quantitative estimate of drug-likeness (QED) is 0.737. The van der Waals surface area contributed by atoms with Gasteiger partial charge in [-0.05, 0) is 31.0 Å². The lowest BCUT2D eigenvalue weighted by atomic mass is 10.2. The van der Waals surface area contributed by atoms with Gasteiger partial charge in [0.1, 0.15) is 12.0 Å². The first kappa shape index (κ1) is 17.8. The van der Waals surface area contributed by atoms with Gasteiger partial charge in [0.05, 0.1) is 13.7 Å². The van der Waals surface area contributed by atoms with Crippen molar-refractivity contribution in [1.29, 1.82) is 0 Å². The van der Waals surface area contributed by atoms with Crippen LogP contribution in [0.2, 0.25) is 0 Å². The maximum atomic E-state index is 12.8. The molecule has 26 heavy (non-hydrogen) atoms. The van der Waals surface area contributed by atoms with E-state index in [2.05, 4.69) is 4.98 Å². The number of carbonyl (C=O) groups is 2. The minimum atomic E-state index is -0.569. The Morgan fingerprint density at radius 3 is 2.96 bits per heavy atom. The molecule has 0 unspecified atom stereocenters. The molecule has 2 aromatic rings. The van der Waals surface area contributed by atoms with E-state index in [0.717, 1.165) is 17.7 Å². The van der Waals surface area contributed by atoms with E-state index in [1.807, 2.05) is 24.3 Å². The summed E-state index contributed by atoms with van der Waals surface area (Å²) < 4.78 is 15.4. The highest BCUT2D eigenvalue weighted by Gasteiger charge is 2.30. The van der Waals surface area contributed by atoms with E-state index in [1.165, 1.54) is 11.2 Å². The number of carbonyl (C=O) groups excluding carboxylic acids is 2. The van der Waals surface area contributed by atoms with Crippen molar-refractivity contribution in [2.75, 3.05) is 31.7 Å². The summed E-state index contributed by atoms with van der Waals surface area (Å²) in [6.45, 7) is 3.54. The fourth-order valence-corrected chi connectivity index (χ4v) is 2.78. The number of aromatic nitrogens is 1.